The molecule has 0 saturated carbocycles. The van der Waals surface area contributed by atoms with Crippen LogP contribution in [0.25, 0.3) is 28.2 Å². The van der Waals surface area contributed by atoms with E-state index in [-0.39, 0.29) is 5.69 Å². The van der Waals surface area contributed by atoms with Gasteiger partial charge >= 0.3 is 5.97 Å². The molecule has 38 heavy (non-hydrogen) atoms. The summed E-state index contributed by atoms with van der Waals surface area (Å²) < 4.78 is 6.92. The Balaban J connectivity index is 1.72. The van der Waals surface area contributed by atoms with Gasteiger partial charge in [0.1, 0.15) is 0 Å². The fraction of sp³-hybridized carbons (Fsp3) is 0.0323. The van der Waals surface area contributed by atoms with Gasteiger partial charge in [0.15, 0.2) is 0 Å². The standard InChI is InChI=1S/C31H23N3O4/c1-38-31(35)24-13-8-14-26(19-24)32-21-25-20-29(22-9-4-2-5-10-22)33(30(25)23-11-6-3-7-12-23)27-15-17-28(18-16-27)34(36)37/h2-21H,1H3. The van der Waals surface area contributed by atoms with Crippen LogP contribution in [0.4, 0.5) is 11.4 Å². The molecule has 0 radical (unpaired) electrons. The number of carbonyl (C=O) groups is 1. The molecule has 1 heterocycles. The Kier molecular flexibility index (Phi) is 6.91. The smallest absolute Gasteiger partial charge is 0.337 e. The fourth-order valence-electron chi connectivity index (χ4n) is 4.31. The third kappa shape index (κ3) is 4.99. The first-order valence-corrected chi connectivity index (χ1v) is 11.9. The molecule has 0 spiro atoms. The number of hydrogen-bond donors (Lipinski definition) is 0. The fourth-order valence-corrected chi connectivity index (χ4v) is 4.31. The number of aromatic nitrogens is 1. The van der Waals surface area contributed by atoms with Gasteiger partial charge in [-0.25, -0.2) is 4.79 Å². The summed E-state index contributed by atoms with van der Waals surface area (Å²) in [5.74, 6) is -0.428. The normalized spacial score (nSPS) is 11.0. The summed E-state index contributed by atoms with van der Waals surface area (Å²) >= 11 is 0. The van der Waals surface area contributed by atoms with Gasteiger partial charge < -0.3 is 9.30 Å². The number of nitrogens with zero attached hydrogens (tertiary/aromatic N) is 3. The van der Waals surface area contributed by atoms with E-state index >= 15 is 0 Å². The lowest BCUT2D eigenvalue weighted by Crippen LogP contribution is -2.01. The van der Waals surface area contributed by atoms with Crippen molar-refractivity contribution in [3.05, 3.63) is 137 Å². The van der Waals surface area contributed by atoms with Crippen molar-refractivity contribution in [3.63, 3.8) is 0 Å². The van der Waals surface area contributed by atoms with Crippen LogP contribution in [0.5, 0.6) is 0 Å². The Bertz CT molecular complexity index is 1620. The van der Waals surface area contributed by atoms with E-state index in [1.165, 1.54) is 19.2 Å². The molecule has 7 heteroatoms. The highest BCUT2D eigenvalue weighted by Crippen LogP contribution is 2.36. The van der Waals surface area contributed by atoms with E-state index in [0.717, 1.165) is 33.8 Å². The molecule has 0 aliphatic heterocycles. The summed E-state index contributed by atoms with van der Waals surface area (Å²) in [6, 6.07) is 35.3. The minimum absolute atomic E-state index is 0.0238. The lowest BCUT2D eigenvalue weighted by molar-refractivity contribution is -0.384. The Morgan fingerprint density at radius 1 is 0.842 bits per heavy atom. The minimum Gasteiger partial charge on any atom is -0.465 e. The first kappa shape index (κ1) is 24.4. The molecule has 0 saturated heterocycles. The van der Waals surface area contributed by atoms with Gasteiger partial charge in [0, 0.05) is 29.6 Å². The summed E-state index contributed by atoms with van der Waals surface area (Å²) in [5, 5.41) is 11.3. The van der Waals surface area contributed by atoms with E-state index in [1.54, 1.807) is 36.5 Å². The van der Waals surface area contributed by atoms with Crippen LogP contribution in [0, 0.1) is 10.1 Å². The molecule has 0 N–H and O–H groups in total. The second-order valence-electron chi connectivity index (χ2n) is 8.47. The lowest BCUT2D eigenvalue weighted by atomic mass is 10.1. The molecular weight excluding hydrogens is 478 g/mol. The lowest BCUT2D eigenvalue weighted by Gasteiger charge is -2.15. The Morgan fingerprint density at radius 3 is 2.13 bits per heavy atom. The number of methoxy groups -OCH3 is 1. The highest BCUT2D eigenvalue weighted by atomic mass is 16.6. The predicted octanol–water partition coefficient (Wildman–Crippen LogP) is 7.26. The third-order valence-corrected chi connectivity index (χ3v) is 6.09. The number of hydrogen-bond acceptors (Lipinski definition) is 5. The first-order valence-electron chi connectivity index (χ1n) is 11.9. The quantitative estimate of drug-likeness (QED) is 0.102. The summed E-state index contributed by atoms with van der Waals surface area (Å²) in [6.07, 6.45) is 1.77. The number of carbonyl (C=O) groups excluding carboxylic acids is 1. The second kappa shape index (κ2) is 10.8. The summed E-state index contributed by atoms with van der Waals surface area (Å²) in [4.78, 5) is 27.6. The van der Waals surface area contributed by atoms with Crippen LogP contribution in [0.3, 0.4) is 0 Å². The Hall–Kier alpha value is -5.30. The van der Waals surface area contributed by atoms with Crippen LogP contribution in [-0.4, -0.2) is 28.8 Å². The molecule has 0 unspecified atom stereocenters. The maximum Gasteiger partial charge on any atom is 0.337 e. The van der Waals surface area contributed by atoms with Crippen molar-refractivity contribution in [1.82, 2.24) is 4.57 Å². The Labute approximate surface area is 219 Å². The molecule has 5 aromatic rings. The van der Waals surface area contributed by atoms with Crippen molar-refractivity contribution in [2.24, 2.45) is 4.99 Å². The maximum absolute atomic E-state index is 12.0. The van der Waals surface area contributed by atoms with Crippen LogP contribution in [0.2, 0.25) is 0 Å². The monoisotopic (exact) mass is 501 g/mol. The number of esters is 1. The van der Waals surface area contributed by atoms with Crippen molar-refractivity contribution in [3.8, 4) is 28.2 Å². The molecule has 7 nitrogen and oxygen atoms in total. The van der Waals surface area contributed by atoms with Crippen molar-refractivity contribution < 1.29 is 14.5 Å². The van der Waals surface area contributed by atoms with E-state index in [1.807, 2.05) is 72.8 Å². The zero-order valence-corrected chi connectivity index (χ0v) is 20.5. The topological polar surface area (TPSA) is 86.7 Å². The summed E-state index contributed by atoms with van der Waals surface area (Å²) in [7, 11) is 1.34. The largest absolute Gasteiger partial charge is 0.465 e. The van der Waals surface area contributed by atoms with Gasteiger partial charge in [0.05, 0.1) is 34.7 Å². The van der Waals surface area contributed by atoms with E-state index in [0.29, 0.717) is 11.3 Å². The highest BCUT2D eigenvalue weighted by molar-refractivity contribution is 5.95. The zero-order valence-electron chi connectivity index (χ0n) is 20.5. The number of nitro benzene ring substituents is 1. The van der Waals surface area contributed by atoms with Gasteiger partial charge in [-0.2, -0.15) is 0 Å². The molecule has 1 aromatic heterocycles. The zero-order chi connectivity index (χ0) is 26.5. The van der Waals surface area contributed by atoms with Crippen LogP contribution < -0.4 is 0 Å². The van der Waals surface area contributed by atoms with Crippen molar-refractivity contribution in [2.75, 3.05) is 7.11 Å². The molecule has 0 atom stereocenters. The average molecular weight is 502 g/mol. The number of ether oxygens (including phenoxy) is 1. The molecule has 0 aliphatic carbocycles. The second-order valence-corrected chi connectivity index (χ2v) is 8.47. The number of non-ortho nitro benzene ring substituents is 1. The molecule has 4 aromatic carbocycles. The van der Waals surface area contributed by atoms with Crippen LogP contribution >= 0.6 is 0 Å². The highest BCUT2D eigenvalue weighted by Gasteiger charge is 2.19. The Morgan fingerprint density at radius 2 is 1.50 bits per heavy atom. The van der Waals surface area contributed by atoms with Crippen molar-refractivity contribution in [1.29, 1.82) is 0 Å². The van der Waals surface area contributed by atoms with Gasteiger partial charge in [0.2, 0.25) is 0 Å². The van der Waals surface area contributed by atoms with E-state index < -0.39 is 10.9 Å². The average Bonchev–Trinajstić information content (AvgIpc) is 3.36. The molecule has 0 aliphatic rings. The van der Waals surface area contributed by atoms with E-state index in [9.17, 15) is 14.9 Å². The minimum atomic E-state index is -0.428. The number of nitro groups is 1. The molecule has 186 valence electrons. The number of aliphatic imine (C=N–C) groups is 1. The molecule has 5 rings (SSSR count). The molecule has 0 amide bonds. The van der Waals surface area contributed by atoms with Gasteiger partial charge in [0.25, 0.3) is 5.69 Å². The molecule has 0 fully saturated rings. The SMILES string of the molecule is COC(=O)c1cccc(N=Cc2cc(-c3ccccc3)n(-c3ccc([N+](=O)[O-])cc3)c2-c2ccccc2)c1. The third-order valence-electron chi connectivity index (χ3n) is 6.09. The van der Waals surface area contributed by atoms with Gasteiger partial charge in [-0.3, -0.25) is 15.1 Å². The number of rotatable bonds is 7. The van der Waals surface area contributed by atoms with Crippen molar-refractivity contribution >= 4 is 23.6 Å². The maximum atomic E-state index is 12.0. The van der Waals surface area contributed by atoms with Crippen LogP contribution in [0.15, 0.2) is 120 Å². The van der Waals surface area contributed by atoms with E-state index in [4.69, 9.17) is 4.74 Å². The van der Waals surface area contributed by atoms with E-state index in [2.05, 4.69) is 9.56 Å². The van der Waals surface area contributed by atoms with Gasteiger partial charge in [-0.1, -0.05) is 66.7 Å². The molecular formula is C31H23N3O4. The summed E-state index contributed by atoms with van der Waals surface area (Å²) in [6.45, 7) is 0. The van der Waals surface area contributed by atoms with Crippen LogP contribution in [0.1, 0.15) is 15.9 Å². The molecule has 0 bridgehead atoms. The van der Waals surface area contributed by atoms with Crippen LogP contribution in [-0.2, 0) is 4.74 Å². The first-order chi connectivity index (χ1) is 18.5. The predicted molar refractivity (Wildman–Crippen MR) is 148 cm³/mol. The number of benzene rings is 4. The van der Waals surface area contributed by atoms with Gasteiger partial charge in [-0.05, 0) is 47.5 Å². The summed E-state index contributed by atoms with van der Waals surface area (Å²) in [5.41, 5.74) is 6.39. The van der Waals surface area contributed by atoms with Gasteiger partial charge in [-0.15, -0.1) is 0 Å². The van der Waals surface area contributed by atoms with Crippen molar-refractivity contribution in [2.45, 2.75) is 0 Å².